The predicted octanol–water partition coefficient (Wildman–Crippen LogP) is 3.20. The van der Waals surface area contributed by atoms with Gasteiger partial charge in [0, 0.05) is 5.02 Å². The monoisotopic (exact) mass is 404 g/mol. The Morgan fingerprint density at radius 3 is 2.36 bits per heavy atom. The average molecular weight is 405 g/mol. The van der Waals surface area contributed by atoms with Gasteiger partial charge in [0.05, 0.1) is 22.4 Å². The quantitative estimate of drug-likeness (QED) is 0.749. The van der Waals surface area contributed by atoms with Crippen LogP contribution < -0.4 is 10.5 Å². The summed E-state index contributed by atoms with van der Waals surface area (Å²) in [6, 6.07) is 7.58. The van der Waals surface area contributed by atoms with E-state index in [0.29, 0.717) is 11.1 Å². The first kappa shape index (κ1) is 19.7. The fourth-order valence-electron chi connectivity index (χ4n) is 2.22. The lowest BCUT2D eigenvalue weighted by Crippen LogP contribution is -2.28. The van der Waals surface area contributed by atoms with Gasteiger partial charge in [-0.3, -0.25) is 4.79 Å². The maximum atomic E-state index is 13.6. The van der Waals surface area contributed by atoms with Crippen LogP contribution in [0.2, 0.25) is 10.0 Å². The Morgan fingerprint density at radius 2 is 1.80 bits per heavy atom. The molecule has 2 aromatic rings. The van der Waals surface area contributed by atoms with Crippen molar-refractivity contribution in [2.75, 3.05) is 0 Å². The van der Waals surface area contributed by atoms with Crippen molar-refractivity contribution in [2.24, 2.45) is 5.14 Å². The second-order valence-corrected chi connectivity index (χ2v) is 7.82. The van der Waals surface area contributed by atoms with Gasteiger partial charge in [-0.05, 0) is 42.3 Å². The third-order valence-corrected chi connectivity index (χ3v) is 5.05. The van der Waals surface area contributed by atoms with E-state index in [0.717, 1.165) is 0 Å². The van der Waals surface area contributed by atoms with E-state index in [1.165, 1.54) is 36.4 Å². The molecule has 0 fully saturated rings. The van der Waals surface area contributed by atoms with Gasteiger partial charge in [0.2, 0.25) is 15.9 Å². The summed E-state index contributed by atoms with van der Waals surface area (Å²) in [5.41, 5.74) is 1.01. The molecule has 5 nitrogen and oxygen atoms in total. The summed E-state index contributed by atoms with van der Waals surface area (Å²) in [4.78, 5) is 12.1. The number of amides is 1. The Bertz CT molecular complexity index is 902. The molecule has 0 radical (unpaired) electrons. The smallest absolute Gasteiger partial charge is 0.238 e. The van der Waals surface area contributed by atoms with Crippen molar-refractivity contribution in [1.82, 2.24) is 5.32 Å². The van der Waals surface area contributed by atoms with E-state index in [1.807, 2.05) is 0 Å². The number of benzene rings is 2. The van der Waals surface area contributed by atoms with Gasteiger partial charge in [-0.15, -0.1) is 0 Å². The minimum absolute atomic E-state index is 0.0168. The summed E-state index contributed by atoms with van der Waals surface area (Å²) >= 11 is 11.7. The largest absolute Gasteiger partial charge is 0.349 e. The molecule has 0 saturated carbocycles. The molecular weight excluding hydrogens is 390 g/mol. The number of nitrogens with one attached hydrogen (secondary N) is 1. The van der Waals surface area contributed by atoms with Gasteiger partial charge in [-0.1, -0.05) is 35.3 Å². The molecule has 0 aromatic heterocycles. The topological polar surface area (TPSA) is 89.3 Å². The van der Waals surface area contributed by atoms with Gasteiger partial charge in [0.1, 0.15) is 5.82 Å². The number of sulfonamides is 1. The van der Waals surface area contributed by atoms with Gasteiger partial charge in [-0.2, -0.15) is 0 Å². The Morgan fingerprint density at radius 1 is 1.20 bits per heavy atom. The molecule has 0 bridgehead atoms. The Labute approximate surface area is 155 Å². The van der Waals surface area contributed by atoms with Crippen LogP contribution in [-0.4, -0.2) is 14.3 Å². The summed E-state index contributed by atoms with van der Waals surface area (Å²) in [5.74, 6) is -0.956. The Hall–Kier alpha value is -1.67. The third-order valence-electron chi connectivity index (χ3n) is 3.50. The van der Waals surface area contributed by atoms with E-state index >= 15 is 0 Å². The zero-order chi connectivity index (χ0) is 18.8. The van der Waals surface area contributed by atoms with Gasteiger partial charge in [0.15, 0.2) is 0 Å². The molecule has 2 aromatic carbocycles. The zero-order valence-electron chi connectivity index (χ0n) is 13.1. The third kappa shape index (κ3) is 5.15. The number of primary sulfonamides is 1. The first-order chi connectivity index (χ1) is 11.6. The van der Waals surface area contributed by atoms with E-state index in [9.17, 15) is 17.6 Å². The van der Waals surface area contributed by atoms with Crippen LogP contribution in [0.5, 0.6) is 0 Å². The van der Waals surface area contributed by atoms with Crippen LogP contribution in [0, 0.1) is 5.82 Å². The first-order valence-electron chi connectivity index (χ1n) is 7.13. The lowest BCUT2D eigenvalue weighted by atomic mass is 10.1. The van der Waals surface area contributed by atoms with Crippen LogP contribution in [0.4, 0.5) is 4.39 Å². The number of carbonyl (C=O) groups is 1. The van der Waals surface area contributed by atoms with Crippen LogP contribution in [0.1, 0.15) is 24.1 Å². The normalized spacial score (nSPS) is 12.7. The van der Waals surface area contributed by atoms with E-state index in [4.69, 9.17) is 28.3 Å². The standard InChI is InChI=1S/C16H15Cl2FN2O3S/c1-9(12-7-15(19)14(18)8-13(12)17)21-16(22)6-10-2-4-11(5-3-10)25(20,23)24/h2-5,7-9H,6H2,1H3,(H,21,22)(H2,20,23,24). The molecule has 1 amide bonds. The lowest BCUT2D eigenvalue weighted by Gasteiger charge is -2.16. The molecule has 2 rings (SSSR count). The highest BCUT2D eigenvalue weighted by molar-refractivity contribution is 7.89. The van der Waals surface area contributed by atoms with Crippen molar-refractivity contribution in [3.63, 3.8) is 0 Å². The molecule has 134 valence electrons. The van der Waals surface area contributed by atoms with Gasteiger partial charge in [0.25, 0.3) is 0 Å². The number of halogens is 3. The van der Waals surface area contributed by atoms with Crippen molar-refractivity contribution in [3.05, 3.63) is 63.4 Å². The highest BCUT2D eigenvalue weighted by Crippen LogP contribution is 2.28. The number of rotatable bonds is 5. The van der Waals surface area contributed by atoms with E-state index in [2.05, 4.69) is 5.32 Å². The maximum absolute atomic E-state index is 13.6. The van der Waals surface area contributed by atoms with Crippen LogP contribution in [0.15, 0.2) is 41.3 Å². The number of carbonyl (C=O) groups excluding carboxylic acids is 1. The van der Waals surface area contributed by atoms with E-state index < -0.39 is 21.9 Å². The number of hydrogen-bond donors (Lipinski definition) is 2. The predicted molar refractivity (Wildman–Crippen MR) is 94.5 cm³/mol. The zero-order valence-corrected chi connectivity index (χ0v) is 15.4. The maximum Gasteiger partial charge on any atom is 0.238 e. The van der Waals surface area contributed by atoms with Gasteiger partial charge < -0.3 is 5.32 Å². The summed E-state index contributed by atoms with van der Waals surface area (Å²) in [6.45, 7) is 1.66. The van der Waals surface area contributed by atoms with Crippen molar-refractivity contribution in [2.45, 2.75) is 24.3 Å². The second-order valence-electron chi connectivity index (χ2n) is 5.44. The molecule has 0 aliphatic heterocycles. The van der Waals surface area contributed by atoms with Crippen LogP contribution >= 0.6 is 23.2 Å². The molecule has 0 aliphatic carbocycles. The van der Waals surface area contributed by atoms with E-state index in [1.54, 1.807) is 6.92 Å². The summed E-state index contributed by atoms with van der Waals surface area (Å²) < 4.78 is 36.0. The van der Waals surface area contributed by atoms with Crippen molar-refractivity contribution in [1.29, 1.82) is 0 Å². The molecule has 0 heterocycles. The molecular formula is C16H15Cl2FN2O3S. The lowest BCUT2D eigenvalue weighted by molar-refractivity contribution is -0.121. The molecule has 0 spiro atoms. The fourth-order valence-corrected chi connectivity index (χ4v) is 3.28. The van der Waals surface area contributed by atoms with Crippen molar-refractivity contribution in [3.8, 4) is 0 Å². The van der Waals surface area contributed by atoms with Crippen LogP contribution in [0.25, 0.3) is 0 Å². The van der Waals surface area contributed by atoms with Crippen LogP contribution in [-0.2, 0) is 21.2 Å². The molecule has 9 heteroatoms. The molecule has 0 aliphatic rings. The molecule has 0 saturated heterocycles. The second kappa shape index (κ2) is 7.70. The van der Waals surface area contributed by atoms with E-state index in [-0.39, 0.29) is 27.3 Å². The molecule has 1 atom stereocenters. The SMILES string of the molecule is CC(NC(=O)Cc1ccc(S(N)(=O)=O)cc1)c1cc(F)c(Cl)cc1Cl. The van der Waals surface area contributed by atoms with Gasteiger partial charge >= 0.3 is 0 Å². The highest BCUT2D eigenvalue weighted by atomic mass is 35.5. The molecule has 1 unspecified atom stereocenters. The fraction of sp³-hybridized carbons (Fsp3) is 0.188. The van der Waals surface area contributed by atoms with Gasteiger partial charge in [-0.25, -0.2) is 17.9 Å². The van der Waals surface area contributed by atoms with Crippen molar-refractivity contribution < 1.29 is 17.6 Å². The average Bonchev–Trinajstić information content (AvgIpc) is 2.50. The molecule has 25 heavy (non-hydrogen) atoms. The Kier molecular flexibility index (Phi) is 6.05. The minimum Gasteiger partial charge on any atom is -0.349 e. The minimum atomic E-state index is -3.78. The summed E-state index contributed by atoms with van der Waals surface area (Å²) in [7, 11) is -3.78. The number of nitrogens with two attached hydrogens (primary N) is 1. The number of hydrogen-bond acceptors (Lipinski definition) is 3. The van der Waals surface area contributed by atoms with Crippen molar-refractivity contribution >= 4 is 39.1 Å². The molecule has 3 N–H and O–H groups in total. The van der Waals surface area contributed by atoms with Crippen LogP contribution in [0.3, 0.4) is 0 Å². The first-order valence-corrected chi connectivity index (χ1v) is 9.43. The summed E-state index contributed by atoms with van der Waals surface area (Å²) in [5, 5.41) is 7.87. The highest BCUT2D eigenvalue weighted by Gasteiger charge is 2.16. The Balaban J connectivity index is 2.06. The summed E-state index contributed by atoms with van der Waals surface area (Å²) in [6.07, 6.45) is 0.0168.